The van der Waals surface area contributed by atoms with Crippen molar-refractivity contribution in [1.82, 2.24) is 25.1 Å². The molecule has 0 atom stereocenters. The molecule has 0 bridgehead atoms. The van der Waals surface area contributed by atoms with Crippen molar-refractivity contribution in [3.05, 3.63) is 71.0 Å². The maximum Gasteiger partial charge on any atom is 0.439 e. The number of H-pyrrole nitrogens is 2. The van der Waals surface area contributed by atoms with Crippen LogP contribution in [0.4, 0.5) is 10.1 Å². The highest BCUT2D eigenvalue weighted by atomic mass is 32.2. The fourth-order valence-corrected chi connectivity index (χ4v) is 3.88. The van der Waals surface area contributed by atoms with Crippen molar-refractivity contribution in [1.29, 1.82) is 0 Å². The first-order chi connectivity index (χ1) is 16.2. The molecule has 0 radical (unpaired) electrons. The predicted octanol–water partition coefficient (Wildman–Crippen LogP) is 4.26. The lowest BCUT2D eigenvalue weighted by molar-refractivity contribution is 0.388. The van der Waals surface area contributed by atoms with E-state index in [1.807, 2.05) is 0 Å². The molecule has 2 N–H and O–H groups in total. The quantitative estimate of drug-likeness (QED) is 0.383. The number of imidazole rings is 1. The van der Waals surface area contributed by atoms with E-state index < -0.39 is 21.3 Å². The molecular weight excluding hydrogens is 463 g/mol. The number of nitrogens with zero attached hydrogens (tertiary/aromatic N) is 4. The van der Waals surface area contributed by atoms with Crippen LogP contribution in [0.2, 0.25) is 0 Å². The molecule has 0 fully saturated rings. The molecule has 10 nitrogen and oxygen atoms in total. The van der Waals surface area contributed by atoms with Gasteiger partial charge in [-0.3, -0.25) is 9.51 Å². The lowest BCUT2D eigenvalue weighted by Crippen LogP contribution is -1.95. The molecule has 0 amide bonds. The predicted molar refractivity (Wildman–Crippen MR) is 124 cm³/mol. The van der Waals surface area contributed by atoms with E-state index in [1.54, 1.807) is 61.0 Å². The monoisotopic (exact) mass is 480 g/mol. The van der Waals surface area contributed by atoms with Crippen LogP contribution in [0, 0.1) is 5.82 Å². The lowest BCUT2D eigenvalue weighted by atomic mass is 10.1. The summed E-state index contributed by atoms with van der Waals surface area (Å²) in [6.45, 7) is 0. The summed E-state index contributed by atoms with van der Waals surface area (Å²) in [4.78, 5) is 25.2. The van der Waals surface area contributed by atoms with Gasteiger partial charge in [0.25, 0.3) is 0 Å². The van der Waals surface area contributed by atoms with Crippen molar-refractivity contribution >= 4 is 26.6 Å². The van der Waals surface area contributed by atoms with Crippen molar-refractivity contribution in [2.45, 2.75) is 0 Å². The highest BCUT2D eigenvalue weighted by molar-refractivity contribution is 7.92. The molecule has 0 saturated carbocycles. The number of halogens is 1. The number of fused-ring (bicyclic) bond motifs is 1. The van der Waals surface area contributed by atoms with Crippen LogP contribution in [-0.2, 0) is 9.73 Å². The summed E-state index contributed by atoms with van der Waals surface area (Å²) in [5, 5.41) is 3.65. The molecule has 0 aliphatic carbocycles. The maximum absolute atomic E-state index is 14.8. The highest BCUT2D eigenvalue weighted by Gasteiger charge is 2.14. The number of nitrogens with one attached hydrogen (secondary N) is 2. The number of hydrogen-bond donors (Lipinski definition) is 2. The molecule has 12 heteroatoms. The number of benzene rings is 2. The minimum Gasteiger partial charge on any atom is -0.426 e. The van der Waals surface area contributed by atoms with E-state index in [-0.39, 0.29) is 23.2 Å². The second-order valence-corrected chi connectivity index (χ2v) is 10.2. The van der Waals surface area contributed by atoms with Crippen LogP contribution in [0.25, 0.3) is 33.8 Å². The molecule has 0 aliphatic heterocycles. The van der Waals surface area contributed by atoms with Crippen molar-refractivity contribution in [2.75, 3.05) is 12.5 Å². The Kier molecular flexibility index (Phi) is 5.21. The van der Waals surface area contributed by atoms with Gasteiger partial charge in [0.05, 0.1) is 11.2 Å². The SMILES string of the molecule is CS(C)(=O)=Nc1ccc(-c2nc3nc(Oc4cccc(-c5noc(=O)[nH]5)c4)[nH]c3cc2F)cc1. The Morgan fingerprint density at radius 2 is 1.82 bits per heavy atom. The molecule has 172 valence electrons. The van der Waals surface area contributed by atoms with Crippen LogP contribution in [0.15, 0.2) is 68.3 Å². The minimum absolute atomic E-state index is 0.111. The van der Waals surface area contributed by atoms with Crippen LogP contribution < -0.4 is 10.5 Å². The normalized spacial score (nSPS) is 11.6. The number of rotatable bonds is 5. The van der Waals surface area contributed by atoms with Gasteiger partial charge >= 0.3 is 11.8 Å². The third-order valence-electron chi connectivity index (χ3n) is 4.63. The highest BCUT2D eigenvalue weighted by Crippen LogP contribution is 2.29. The fourth-order valence-electron chi connectivity index (χ4n) is 3.25. The summed E-state index contributed by atoms with van der Waals surface area (Å²) < 4.78 is 41.0. The fraction of sp³-hybridized carbons (Fsp3) is 0.0909. The second-order valence-electron chi connectivity index (χ2n) is 7.62. The maximum atomic E-state index is 14.8. The van der Waals surface area contributed by atoms with Gasteiger partial charge in [0.2, 0.25) is 0 Å². The number of hydrogen-bond acceptors (Lipinski definition) is 8. The minimum atomic E-state index is -2.30. The summed E-state index contributed by atoms with van der Waals surface area (Å²) in [6, 6.07) is 14.8. The largest absolute Gasteiger partial charge is 0.439 e. The van der Waals surface area contributed by atoms with Crippen molar-refractivity contribution in [2.24, 2.45) is 4.36 Å². The van der Waals surface area contributed by atoms with E-state index in [1.165, 1.54) is 6.07 Å². The number of aromatic nitrogens is 5. The van der Waals surface area contributed by atoms with Crippen LogP contribution in [0.3, 0.4) is 0 Å². The lowest BCUT2D eigenvalue weighted by Gasteiger charge is -2.03. The Labute approximate surface area is 192 Å². The van der Waals surface area contributed by atoms with E-state index in [4.69, 9.17) is 4.74 Å². The molecule has 5 aromatic rings. The molecule has 5 rings (SSSR count). The van der Waals surface area contributed by atoms with E-state index in [0.717, 1.165) is 0 Å². The Hall–Kier alpha value is -4.32. The smallest absolute Gasteiger partial charge is 0.426 e. The summed E-state index contributed by atoms with van der Waals surface area (Å²) in [7, 11) is -2.30. The van der Waals surface area contributed by atoms with Crippen LogP contribution in [-0.4, -0.2) is 41.8 Å². The first-order valence-corrected chi connectivity index (χ1v) is 12.2. The average molecular weight is 480 g/mol. The molecule has 34 heavy (non-hydrogen) atoms. The van der Waals surface area contributed by atoms with Gasteiger partial charge in [0.1, 0.15) is 11.4 Å². The van der Waals surface area contributed by atoms with Gasteiger partial charge in [-0.25, -0.2) is 18.4 Å². The average Bonchev–Trinajstić information content (AvgIpc) is 3.38. The molecule has 3 heterocycles. The zero-order chi connectivity index (χ0) is 23.9. The van der Waals surface area contributed by atoms with Crippen LogP contribution >= 0.6 is 0 Å². The Balaban J connectivity index is 1.44. The number of ether oxygens (including phenoxy) is 1. The molecule has 2 aromatic carbocycles. The standard InChI is InChI=1S/C22H17FN6O4S/c1-34(2,31)29-14-8-6-12(7-9-14)18-16(23)11-17-20(25-18)26-21(24-17)32-15-5-3-4-13(10-15)19-27-22(30)33-28-19/h3-11H,1-2H3,(H,24,25,26)(H,27,28,30). The van der Waals surface area contributed by atoms with E-state index in [0.29, 0.717) is 28.1 Å². The van der Waals surface area contributed by atoms with Gasteiger partial charge < -0.3 is 9.72 Å². The van der Waals surface area contributed by atoms with Gasteiger partial charge in [-0.05, 0) is 24.3 Å². The van der Waals surface area contributed by atoms with Crippen molar-refractivity contribution < 1.29 is 17.9 Å². The van der Waals surface area contributed by atoms with Gasteiger partial charge in [-0.15, -0.1) is 0 Å². The van der Waals surface area contributed by atoms with Crippen molar-refractivity contribution in [3.63, 3.8) is 0 Å². The van der Waals surface area contributed by atoms with E-state index in [9.17, 15) is 13.4 Å². The zero-order valence-corrected chi connectivity index (χ0v) is 18.7. The topological polar surface area (TPSA) is 139 Å². The molecule has 3 aromatic heterocycles. The van der Waals surface area contributed by atoms with E-state index >= 15 is 0 Å². The van der Waals surface area contributed by atoms with Crippen LogP contribution in [0.5, 0.6) is 11.8 Å². The summed E-state index contributed by atoms with van der Waals surface area (Å²) >= 11 is 0. The molecule has 0 spiro atoms. The van der Waals surface area contributed by atoms with Crippen molar-refractivity contribution in [3.8, 4) is 34.4 Å². The summed E-state index contributed by atoms with van der Waals surface area (Å²) in [5.74, 6) is -0.544. The second kappa shape index (κ2) is 8.23. The van der Waals surface area contributed by atoms with Gasteiger partial charge in [0.15, 0.2) is 17.3 Å². The summed E-state index contributed by atoms with van der Waals surface area (Å²) in [6.07, 6.45) is 3.08. The Morgan fingerprint density at radius 3 is 2.53 bits per heavy atom. The molecule has 0 aliphatic rings. The third-order valence-corrected chi connectivity index (χ3v) is 5.28. The number of aromatic amines is 2. The zero-order valence-electron chi connectivity index (χ0n) is 17.9. The first kappa shape index (κ1) is 21.5. The Morgan fingerprint density at radius 1 is 1.03 bits per heavy atom. The Bertz CT molecular complexity index is 1690. The van der Waals surface area contributed by atoms with Gasteiger partial charge in [-0.1, -0.05) is 29.4 Å². The van der Waals surface area contributed by atoms with Gasteiger partial charge in [0, 0.05) is 39.4 Å². The summed E-state index contributed by atoms with van der Waals surface area (Å²) in [5.41, 5.74) is 2.37. The molecule has 0 saturated heterocycles. The van der Waals surface area contributed by atoms with E-state index in [2.05, 4.69) is 34.0 Å². The van der Waals surface area contributed by atoms with Crippen LogP contribution in [0.1, 0.15) is 0 Å². The third kappa shape index (κ3) is 4.57. The molecular formula is C22H17FN6O4S. The first-order valence-electron chi connectivity index (χ1n) is 9.92. The molecule has 0 unspecified atom stereocenters. The number of pyridine rings is 1. The van der Waals surface area contributed by atoms with Gasteiger partial charge in [-0.2, -0.15) is 9.35 Å².